The van der Waals surface area contributed by atoms with Crippen LogP contribution in [0.5, 0.6) is 5.75 Å². The number of carboxylic acids is 1. The molecule has 0 amide bonds. The van der Waals surface area contributed by atoms with Crippen LogP contribution in [0.1, 0.15) is 33.5 Å². The Morgan fingerprint density at radius 2 is 1.70 bits per heavy atom. The van der Waals surface area contributed by atoms with Crippen LogP contribution in [0.4, 0.5) is 0 Å². The zero-order chi connectivity index (χ0) is 16.7. The monoisotopic (exact) mass is 306 g/mol. The Bertz CT molecular complexity index is 845. The van der Waals surface area contributed by atoms with Gasteiger partial charge < -0.3 is 15.3 Å². The zero-order valence-corrected chi connectivity index (χ0v) is 12.2. The molecule has 0 saturated heterocycles. The van der Waals surface area contributed by atoms with Crippen molar-refractivity contribution >= 4 is 5.97 Å². The minimum atomic E-state index is -1.19. The van der Waals surface area contributed by atoms with Gasteiger partial charge in [0.05, 0.1) is 6.61 Å². The fraction of sp³-hybridized carbons (Fsp3) is 0.105. The summed E-state index contributed by atoms with van der Waals surface area (Å²) in [5, 5.41) is 27.3. The molecule has 3 N–H and O–H groups in total. The highest BCUT2D eigenvalue weighted by atomic mass is 16.4. The van der Waals surface area contributed by atoms with Crippen molar-refractivity contribution in [1.29, 1.82) is 0 Å². The first-order valence-corrected chi connectivity index (χ1v) is 6.89. The third-order valence-electron chi connectivity index (χ3n) is 2.96. The van der Waals surface area contributed by atoms with Crippen LogP contribution in [-0.4, -0.2) is 27.9 Å². The zero-order valence-electron chi connectivity index (χ0n) is 12.2. The summed E-state index contributed by atoms with van der Waals surface area (Å²) in [6, 6.07) is 11.5. The number of carboxylic acid groups (broad SMARTS) is 1. The Morgan fingerprint density at radius 3 is 2.30 bits per heavy atom. The number of aliphatic hydroxyl groups is 1. The summed E-state index contributed by atoms with van der Waals surface area (Å²) in [7, 11) is 0. The molecule has 2 aromatic rings. The highest BCUT2D eigenvalue weighted by molar-refractivity contribution is 5.90. The molecule has 114 valence electrons. The normalized spacial score (nSPS) is 9.26. The van der Waals surface area contributed by atoms with Gasteiger partial charge in [0.1, 0.15) is 11.3 Å². The molecule has 0 aromatic heterocycles. The highest BCUT2D eigenvalue weighted by Crippen LogP contribution is 2.18. The molecule has 4 nitrogen and oxygen atoms in total. The molecule has 0 radical (unpaired) electrons. The molecule has 0 unspecified atom stereocenters. The van der Waals surface area contributed by atoms with Gasteiger partial charge in [0.15, 0.2) is 0 Å². The number of hydrogen-bond donors (Lipinski definition) is 3. The second-order valence-corrected chi connectivity index (χ2v) is 4.61. The van der Waals surface area contributed by atoms with Gasteiger partial charge in [0.2, 0.25) is 0 Å². The van der Waals surface area contributed by atoms with Gasteiger partial charge >= 0.3 is 5.97 Å². The molecule has 23 heavy (non-hydrogen) atoms. The molecule has 0 aliphatic rings. The smallest absolute Gasteiger partial charge is 0.339 e. The Hall–Kier alpha value is -3.21. The summed E-state index contributed by atoms with van der Waals surface area (Å²) in [6.07, 6.45) is 0.395. The number of hydrogen-bond acceptors (Lipinski definition) is 3. The van der Waals surface area contributed by atoms with E-state index < -0.39 is 5.97 Å². The van der Waals surface area contributed by atoms with Gasteiger partial charge in [0, 0.05) is 23.1 Å². The standard InChI is InChI=1S/C19H14O4/c20-12-4-3-7-15-5-1-2-6-16(15)10-8-14-9-11-17(19(22)23)18(21)13-14/h1-2,5-6,9,11,13,20-21H,4,12H2,(H,22,23). The van der Waals surface area contributed by atoms with Crippen molar-refractivity contribution in [2.75, 3.05) is 6.61 Å². The summed E-state index contributed by atoms with van der Waals surface area (Å²) in [5.74, 6) is 10.1. The third-order valence-corrected chi connectivity index (χ3v) is 2.96. The molecule has 0 fully saturated rings. The Morgan fingerprint density at radius 1 is 1.00 bits per heavy atom. The highest BCUT2D eigenvalue weighted by Gasteiger charge is 2.08. The van der Waals surface area contributed by atoms with E-state index in [1.54, 1.807) is 0 Å². The van der Waals surface area contributed by atoms with Gasteiger partial charge in [-0.25, -0.2) is 4.79 Å². The second kappa shape index (κ2) is 7.70. The van der Waals surface area contributed by atoms with Crippen LogP contribution in [0.2, 0.25) is 0 Å². The van der Waals surface area contributed by atoms with Crippen LogP contribution in [0, 0.1) is 23.7 Å². The molecule has 0 bridgehead atoms. The third kappa shape index (κ3) is 4.38. The summed E-state index contributed by atoms with van der Waals surface area (Å²) < 4.78 is 0. The minimum absolute atomic E-state index is 0.00997. The number of benzene rings is 2. The van der Waals surface area contributed by atoms with Gasteiger partial charge in [-0.05, 0) is 30.3 Å². The van der Waals surface area contributed by atoms with Crippen LogP contribution in [-0.2, 0) is 0 Å². The Balaban J connectivity index is 2.31. The van der Waals surface area contributed by atoms with E-state index in [1.807, 2.05) is 24.3 Å². The lowest BCUT2D eigenvalue weighted by molar-refractivity contribution is 0.0693. The van der Waals surface area contributed by atoms with Crippen molar-refractivity contribution in [3.05, 3.63) is 64.7 Å². The molecular weight excluding hydrogens is 292 g/mol. The molecule has 0 spiro atoms. The summed E-state index contributed by atoms with van der Waals surface area (Å²) in [6.45, 7) is 0.00997. The van der Waals surface area contributed by atoms with Gasteiger partial charge in [-0.3, -0.25) is 0 Å². The molecule has 0 atom stereocenters. The van der Waals surface area contributed by atoms with Gasteiger partial charge in [-0.2, -0.15) is 0 Å². The first-order valence-electron chi connectivity index (χ1n) is 6.89. The molecule has 0 aliphatic carbocycles. The lowest BCUT2D eigenvalue weighted by Gasteiger charge is -1.99. The van der Waals surface area contributed by atoms with Crippen molar-refractivity contribution in [3.8, 4) is 29.4 Å². The van der Waals surface area contributed by atoms with Crippen molar-refractivity contribution < 1.29 is 20.1 Å². The summed E-state index contributed by atoms with van der Waals surface area (Å²) in [4.78, 5) is 10.9. The van der Waals surface area contributed by atoms with E-state index in [4.69, 9.17) is 10.2 Å². The quantitative estimate of drug-likeness (QED) is 0.744. The van der Waals surface area contributed by atoms with Crippen molar-refractivity contribution in [2.45, 2.75) is 6.42 Å². The first-order chi connectivity index (χ1) is 11.1. The van der Waals surface area contributed by atoms with E-state index in [1.165, 1.54) is 18.2 Å². The topological polar surface area (TPSA) is 77.8 Å². The molecule has 0 aliphatic heterocycles. The van der Waals surface area contributed by atoms with Crippen LogP contribution in [0.3, 0.4) is 0 Å². The van der Waals surface area contributed by atoms with Crippen molar-refractivity contribution in [1.82, 2.24) is 0 Å². The molecular formula is C19H14O4. The summed E-state index contributed by atoms with van der Waals surface area (Å²) in [5.41, 5.74) is 1.82. The van der Waals surface area contributed by atoms with Gasteiger partial charge in [0.25, 0.3) is 0 Å². The van der Waals surface area contributed by atoms with E-state index in [0.29, 0.717) is 12.0 Å². The maximum Gasteiger partial charge on any atom is 0.339 e. The molecule has 2 rings (SSSR count). The second-order valence-electron chi connectivity index (χ2n) is 4.61. The van der Waals surface area contributed by atoms with Crippen molar-refractivity contribution in [2.24, 2.45) is 0 Å². The van der Waals surface area contributed by atoms with Crippen molar-refractivity contribution in [3.63, 3.8) is 0 Å². The average Bonchev–Trinajstić information content (AvgIpc) is 2.54. The van der Waals surface area contributed by atoms with Crippen LogP contribution >= 0.6 is 0 Å². The number of aromatic carboxylic acids is 1. The maximum atomic E-state index is 10.9. The maximum absolute atomic E-state index is 10.9. The molecule has 2 aromatic carbocycles. The van der Waals surface area contributed by atoms with E-state index in [0.717, 1.165) is 11.1 Å². The number of aliphatic hydroxyl groups excluding tert-OH is 1. The largest absolute Gasteiger partial charge is 0.507 e. The minimum Gasteiger partial charge on any atom is -0.507 e. The van der Waals surface area contributed by atoms with Gasteiger partial charge in [-0.1, -0.05) is 35.8 Å². The lowest BCUT2D eigenvalue weighted by Crippen LogP contribution is -1.96. The fourth-order valence-electron chi connectivity index (χ4n) is 1.84. The number of phenols is 1. The predicted octanol–water partition coefficient (Wildman–Crippen LogP) is 2.22. The Labute approximate surface area is 134 Å². The molecule has 0 saturated carbocycles. The SMILES string of the molecule is O=C(O)c1ccc(C#Cc2ccccc2C#CCCO)cc1O. The molecule has 4 heteroatoms. The Kier molecular flexibility index (Phi) is 5.41. The van der Waals surface area contributed by atoms with E-state index in [9.17, 15) is 9.90 Å². The van der Waals surface area contributed by atoms with E-state index in [-0.39, 0.29) is 17.9 Å². The summed E-state index contributed by atoms with van der Waals surface area (Å²) >= 11 is 0. The predicted molar refractivity (Wildman–Crippen MR) is 86.1 cm³/mol. The number of rotatable bonds is 2. The number of carbonyl (C=O) groups is 1. The van der Waals surface area contributed by atoms with E-state index in [2.05, 4.69) is 23.7 Å². The number of aromatic hydroxyl groups is 1. The fourth-order valence-corrected chi connectivity index (χ4v) is 1.84. The molecule has 0 heterocycles. The van der Waals surface area contributed by atoms with Crippen LogP contribution in [0.15, 0.2) is 42.5 Å². The van der Waals surface area contributed by atoms with Crippen LogP contribution < -0.4 is 0 Å². The van der Waals surface area contributed by atoms with Crippen LogP contribution in [0.25, 0.3) is 0 Å². The van der Waals surface area contributed by atoms with E-state index >= 15 is 0 Å². The average molecular weight is 306 g/mol. The van der Waals surface area contributed by atoms with Gasteiger partial charge in [-0.15, -0.1) is 0 Å². The lowest BCUT2D eigenvalue weighted by atomic mass is 10.1. The first kappa shape index (κ1) is 16.2.